The second-order valence-corrected chi connectivity index (χ2v) is 5.80. The number of benzene rings is 2. The van der Waals surface area contributed by atoms with Crippen molar-refractivity contribution < 1.29 is 19.1 Å². The number of carbonyl (C=O) groups is 2. The van der Waals surface area contributed by atoms with E-state index < -0.39 is 0 Å². The molecule has 0 saturated carbocycles. The third-order valence-electron chi connectivity index (χ3n) is 3.72. The van der Waals surface area contributed by atoms with E-state index in [1.165, 1.54) is 0 Å². The first-order valence-electron chi connectivity index (χ1n) is 9.15. The Labute approximate surface area is 159 Å². The van der Waals surface area contributed by atoms with Gasteiger partial charge in [-0.25, -0.2) is 0 Å². The molecule has 0 aliphatic heterocycles. The molecule has 27 heavy (non-hydrogen) atoms. The summed E-state index contributed by atoms with van der Waals surface area (Å²) in [6, 6.07) is 16.5. The highest BCUT2D eigenvalue weighted by molar-refractivity contribution is 5.94. The Balaban J connectivity index is 1.57. The van der Waals surface area contributed by atoms with Gasteiger partial charge in [0.1, 0.15) is 0 Å². The molecule has 2 amide bonds. The fourth-order valence-corrected chi connectivity index (χ4v) is 2.42. The number of amides is 2. The van der Waals surface area contributed by atoms with Crippen LogP contribution in [0.2, 0.25) is 0 Å². The molecular formula is C21H26N2O4. The number of hydrogen-bond acceptors (Lipinski definition) is 4. The van der Waals surface area contributed by atoms with Gasteiger partial charge in [-0.15, -0.1) is 0 Å². The van der Waals surface area contributed by atoms with Gasteiger partial charge in [-0.2, -0.15) is 0 Å². The molecule has 0 spiro atoms. The number of para-hydroxylation sites is 2. The summed E-state index contributed by atoms with van der Waals surface area (Å²) in [5.41, 5.74) is 0.605. The molecule has 0 radical (unpaired) electrons. The molecule has 0 unspecified atom stereocenters. The Bertz CT molecular complexity index is 719. The van der Waals surface area contributed by atoms with Crippen LogP contribution in [0.3, 0.4) is 0 Å². The molecule has 2 aromatic carbocycles. The second-order valence-electron chi connectivity index (χ2n) is 5.80. The first kappa shape index (κ1) is 20.3. The number of ether oxygens (including phenoxy) is 2. The van der Waals surface area contributed by atoms with Crippen molar-refractivity contribution in [2.75, 3.05) is 26.3 Å². The van der Waals surface area contributed by atoms with Gasteiger partial charge in [-0.1, -0.05) is 30.3 Å². The van der Waals surface area contributed by atoms with Crippen LogP contribution in [-0.2, 0) is 4.79 Å². The topological polar surface area (TPSA) is 76.7 Å². The molecular weight excluding hydrogens is 344 g/mol. The molecule has 144 valence electrons. The maximum absolute atomic E-state index is 11.9. The van der Waals surface area contributed by atoms with E-state index in [2.05, 4.69) is 10.6 Å². The minimum Gasteiger partial charge on any atom is -0.490 e. The third-order valence-corrected chi connectivity index (χ3v) is 3.72. The average molecular weight is 370 g/mol. The number of hydrogen-bond donors (Lipinski definition) is 2. The van der Waals surface area contributed by atoms with Crippen molar-refractivity contribution in [3.63, 3.8) is 0 Å². The van der Waals surface area contributed by atoms with Crippen LogP contribution < -0.4 is 20.1 Å². The maximum atomic E-state index is 11.9. The first-order valence-corrected chi connectivity index (χ1v) is 9.15. The first-order chi connectivity index (χ1) is 13.2. The molecule has 0 atom stereocenters. The molecule has 6 heteroatoms. The SMILES string of the molecule is CCOc1ccccc1OCCCC(=O)NCCNC(=O)c1ccccc1. The summed E-state index contributed by atoms with van der Waals surface area (Å²) < 4.78 is 11.2. The lowest BCUT2D eigenvalue weighted by Gasteiger charge is -2.11. The summed E-state index contributed by atoms with van der Waals surface area (Å²) in [6.07, 6.45) is 0.964. The molecule has 0 aromatic heterocycles. The molecule has 0 heterocycles. The number of carbonyl (C=O) groups excluding carboxylic acids is 2. The Morgan fingerprint density at radius 3 is 2.19 bits per heavy atom. The van der Waals surface area contributed by atoms with Gasteiger partial charge in [-0.05, 0) is 37.6 Å². The minimum atomic E-state index is -0.147. The smallest absolute Gasteiger partial charge is 0.251 e. The fraction of sp³-hybridized carbons (Fsp3) is 0.333. The lowest BCUT2D eigenvalue weighted by Crippen LogP contribution is -2.34. The summed E-state index contributed by atoms with van der Waals surface area (Å²) in [5.74, 6) is 1.18. The molecule has 0 bridgehead atoms. The Hall–Kier alpha value is -3.02. The van der Waals surface area contributed by atoms with Crippen LogP contribution in [-0.4, -0.2) is 38.1 Å². The van der Waals surface area contributed by atoms with Crippen LogP contribution in [0, 0.1) is 0 Å². The quantitative estimate of drug-likeness (QED) is 0.597. The molecule has 2 aromatic rings. The van der Waals surface area contributed by atoms with Gasteiger partial charge in [0.05, 0.1) is 13.2 Å². The molecule has 0 saturated heterocycles. The zero-order valence-electron chi connectivity index (χ0n) is 15.6. The van der Waals surface area contributed by atoms with Gasteiger partial charge in [0.15, 0.2) is 11.5 Å². The van der Waals surface area contributed by atoms with Crippen molar-refractivity contribution in [1.82, 2.24) is 10.6 Å². The van der Waals surface area contributed by atoms with E-state index in [-0.39, 0.29) is 11.8 Å². The van der Waals surface area contributed by atoms with E-state index in [0.717, 1.165) is 0 Å². The van der Waals surface area contributed by atoms with Crippen LogP contribution in [0.25, 0.3) is 0 Å². The van der Waals surface area contributed by atoms with E-state index in [1.807, 2.05) is 49.4 Å². The van der Waals surface area contributed by atoms with Crippen molar-refractivity contribution >= 4 is 11.8 Å². The fourth-order valence-electron chi connectivity index (χ4n) is 2.42. The van der Waals surface area contributed by atoms with Gasteiger partial charge in [0.2, 0.25) is 5.91 Å². The highest BCUT2D eigenvalue weighted by Gasteiger charge is 2.06. The lowest BCUT2D eigenvalue weighted by atomic mass is 10.2. The van der Waals surface area contributed by atoms with Crippen molar-refractivity contribution in [3.8, 4) is 11.5 Å². The monoisotopic (exact) mass is 370 g/mol. The van der Waals surface area contributed by atoms with Gasteiger partial charge in [0.25, 0.3) is 5.91 Å². The Kier molecular flexibility index (Phi) is 8.69. The van der Waals surface area contributed by atoms with E-state index in [9.17, 15) is 9.59 Å². The molecule has 0 aliphatic rings. The summed E-state index contributed by atoms with van der Waals surface area (Å²) in [6.45, 7) is 3.71. The van der Waals surface area contributed by atoms with Crippen molar-refractivity contribution in [2.24, 2.45) is 0 Å². The van der Waals surface area contributed by atoms with Crippen LogP contribution in [0.1, 0.15) is 30.1 Å². The van der Waals surface area contributed by atoms with E-state index in [4.69, 9.17) is 9.47 Å². The van der Waals surface area contributed by atoms with Crippen LogP contribution >= 0.6 is 0 Å². The maximum Gasteiger partial charge on any atom is 0.251 e. The van der Waals surface area contributed by atoms with Gasteiger partial charge in [0, 0.05) is 25.1 Å². The van der Waals surface area contributed by atoms with E-state index in [0.29, 0.717) is 56.2 Å². The Morgan fingerprint density at radius 1 is 0.852 bits per heavy atom. The molecule has 6 nitrogen and oxygen atoms in total. The average Bonchev–Trinajstić information content (AvgIpc) is 2.70. The second kappa shape index (κ2) is 11.6. The lowest BCUT2D eigenvalue weighted by molar-refractivity contribution is -0.121. The van der Waals surface area contributed by atoms with Crippen LogP contribution in [0.15, 0.2) is 54.6 Å². The van der Waals surface area contributed by atoms with Crippen molar-refractivity contribution in [3.05, 3.63) is 60.2 Å². The summed E-state index contributed by atoms with van der Waals surface area (Å²) >= 11 is 0. The van der Waals surface area contributed by atoms with Crippen LogP contribution in [0.4, 0.5) is 0 Å². The van der Waals surface area contributed by atoms with Crippen LogP contribution in [0.5, 0.6) is 11.5 Å². The van der Waals surface area contributed by atoms with E-state index in [1.54, 1.807) is 12.1 Å². The zero-order valence-corrected chi connectivity index (χ0v) is 15.6. The van der Waals surface area contributed by atoms with Gasteiger partial charge >= 0.3 is 0 Å². The van der Waals surface area contributed by atoms with Gasteiger partial charge < -0.3 is 20.1 Å². The van der Waals surface area contributed by atoms with Crippen molar-refractivity contribution in [1.29, 1.82) is 0 Å². The summed E-state index contributed by atoms with van der Waals surface area (Å²) in [5, 5.41) is 5.55. The number of rotatable bonds is 11. The van der Waals surface area contributed by atoms with Crippen molar-refractivity contribution in [2.45, 2.75) is 19.8 Å². The zero-order chi connectivity index (χ0) is 19.3. The summed E-state index contributed by atoms with van der Waals surface area (Å²) in [7, 11) is 0. The molecule has 0 aliphatic carbocycles. The standard InChI is InChI=1S/C21H26N2O4/c1-2-26-18-11-6-7-12-19(18)27-16-8-13-20(24)22-14-15-23-21(25)17-9-4-3-5-10-17/h3-7,9-12H,2,8,13-16H2,1H3,(H,22,24)(H,23,25). The number of nitrogens with one attached hydrogen (secondary N) is 2. The largest absolute Gasteiger partial charge is 0.490 e. The predicted molar refractivity (Wildman–Crippen MR) is 104 cm³/mol. The highest BCUT2D eigenvalue weighted by atomic mass is 16.5. The molecule has 0 fully saturated rings. The highest BCUT2D eigenvalue weighted by Crippen LogP contribution is 2.26. The van der Waals surface area contributed by atoms with Gasteiger partial charge in [-0.3, -0.25) is 9.59 Å². The third kappa shape index (κ3) is 7.40. The summed E-state index contributed by atoms with van der Waals surface area (Å²) in [4.78, 5) is 23.7. The minimum absolute atomic E-state index is 0.0642. The predicted octanol–water partition coefficient (Wildman–Crippen LogP) is 2.79. The Morgan fingerprint density at radius 2 is 1.48 bits per heavy atom. The molecule has 2 N–H and O–H groups in total. The normalized spacial score (nSPS) is 10.1. The molecule has 2 rings (SSSR count). The van der Waals surface area contributed by atoms with E-state index >= 15 is 0 Å².